The van der Waals surface area contributed by atoms with E-state index in [1.807, 2.05) is 29.2 Å². The van der Waals surface area contributed by atoms with Crippen molar-refractivity contribution in [1.82, 2.24) is 9.80 Å². The van der Waals surface area contributed by atoms with Gasteiger partial charge in [-0.2, -0.15) is 0 Å². The number of carbonyl (C=O) groups excluding carboxylic acids is 1. The summed E-state index contributed by atoms with van der Waals surface area (Å²) in [5.74, 6) is 0.985. The van der Waals surface area contributed by atoms with E-state index in [-0.39, 0.29) is 11.9 Å². The zero-order valence-electron chi connectivity index (χ0n) is 16.4. The van der Waals surface area contributed by atoms with Crippen LogP contribution in [0, 0.1) is 0 Å². The highest BCUT2D eigenvalue weighted by Gasteiger charge is 2.35. The van der Waals surface area contributed by atoms with Gasteiger partial charge in [-0.25, -0.2) is 0 Å². The Morgan fingerprint density at radius 2 is 1.78 bits per heavy atom. The molecule has 5 nitrogen and oxygen atoms in total. The molecule has 1 aliphatic carbocycles. The van der Waals surface area contributed by atoms with Crippen molar-refractivity contribution in [1.29, 1.82) is 0 Å². The number of nitrogens with zero attached hydrogens (tertiary/aromatic N) is 2. The lowest BCUT2D eigenvalue weighted by molar-refractivity contribution is 0.00892. The first-order chi connectivity index (χ1) is 13.2. The van der Waals surface area contributed by atoms with E-state index in [1.165, 1.54) is 32.4 Å². The summed E-state index contributed by atoms with van der Waals surface area (Å²) >= 11 is 0. The lowest BCUT2D eigenvalue weighted by atomic mass is 9.86. The van der Waals surface area contributed by atoms with Gasteiger partial charge >= 0.3 is 0 Å². The van der Waals surface area contributed by atoms with Gasteiger partial charge in [0.15, 0.2) is 0 Å². The molecule has 148 valence electrons. The smallest absolute Gasteiger partial charge is 0.254 e. The number of amides is 1. The molecule has 3 fully saturated rings. The predicted molar refractivity (Wildman–Crippen MR) is 105 cm³/mol. The van der Waals surface area contributed by atoms with Crippen LogP contribution in [0.25, 0.3) is 0 Å². The summed E-state index contributed by atoms with van der Waals surface area (Å²) in [4.78, 5) is 17.4. The molecule has 0 N–H and O–H groups in total. The summed E-state index contributed by atoms with van der Waals surface area (Å²) in [6, 6.07) is 8.62. The quantitative estimate of drug-likeness (QED) is 0.768. The minimum atomic E-state index is 0.106. The molecule has 5 heteroatoms. The number of piperidine rings is 1. The molecule has 4 rings (SSSR count). The molecule has 0 spiro atoms. The van der Waals surface area contributed by atoms with E-state index in [9.17, 15) is 4.79 Å². The highest BCUT2D eigenvalue weighted by molar-refractivity contribution is 5.94. The van der Waals surface area contributed by atoms with E-state index in [0.29, 0.717) is 18.8 Å². The van der Waals surface area contributed by atoms with Gasteiger partial charge in [-0.15, -0.1) is 0 Å². The zero-order valence-corrected chi connectivity index (χ0v) is 16.4. The average Bonchev–Trinajstić information content (AvgIpc) is 3.13. The van der Waals surface area contributed by atoms with E-state index in [0.717, 1.165) is 43.5 Å². The van der Waals surface area contributed by atoms with Crippen LogP contribution in [-0.4, -0.2) is 67.2 Å². The van der Waals surface area contributed by atoms with Gasteiger partial charge in [0.2, 0.25) is 0 Å². The first-order valence-corrected chi connectivity index (χ1v) is 10.6. The molecule has 27 heavy (non-hydrogen) atoms. The van der Waals surface area contributed by atoms with Crippen molar-refractivity contribution in [2.45, 2.75) is 63.1 Å². The highest BCUT2D eigenvalue weighted by Crippen LogP contribution is 2.31. The number of benzene rings is 1. The topological polar surface area (TPSA) is 42.0 Å². The molecule has 0 radical (unpaired) electrons. The number of methoxy groups -OCH3 is 1. The van der Waals surface area contributed by atoms with Crippen LogP contribution in [0.15, 0.2) is 24.3 Å². The lowest BCUT2D eigenvalue weighted by Gasteiger charge is -2.44. The number of carbonyl (C=O) groups is 1. The molecule has 1 aromatic rings. The van der Waals surface area contributed by atoms with Crippen molar-refractivity contribution < 1.29 is 14.3 Å². The van der Waals surface area contributed by atoms with Crippen LogP contribution in [0.2, 0.25) is 0 Å². The maximum atomic E-state index is 12.8. The van der Waals surface area contributed by atoms with Gasteiger partial charge < -0.3 is 19.3 Å². The van der Waals surface area contributed by atoms with Gasteiger partial charge in [-0.3, -0.25) is 4.79 Å². The Balaban J connectivity index is 1.27. The average molecular weight is 373 g/mol. The van der Waals surface area contributed by atoms with E-state index < -0.39 is 0 Å². The van der Waals surface area contributed by atoms with Crippen molar-refractivity contribution in [3.63, 3.8) is 0 Å². The highest BCUT2D eigenvalue weighted by atomic mass is 16.5. The predicted octanol–water partition coefficient (Wildman–Crippen LogP) is 3.33. The summed E-state index contributed by atoms with van der Waals surface area (Å²) in [5, 5.41) is 0. The second kappa shape index (κ2) is 8.61. The van der Waals surface area contributed by atoms with Crippen LogP contribution >= 0.6 is 0 Å². The molecule has 3 aliphatic rings. The lowest BCUT2D eigenvalue weighted by Crippen LogP contribution is -2.50. The monoisotopic (exact) mass is 372 g/mol. The molecule has 1 saturated carbocycles. The number of rotatable bonds is 6. The Kier molecular flexibility index (Phi) is 5.98. The van der Waals surface area contributed by atoms with E-state index in [2.05, 4.69) is 4.90 Å². The summed E-state index contributed by atoms with van der Waals surface area (Å²) in [7, 11) is 1.70. The van der Waals surface area contributed by atoms with E-state index in [1.54, 1.807) is 7.11 Å². The van der Waals surface area contributed by atoms with Crippen LogP contribution in [0.4, 0.5) is 0 Å². The van der Waals surface area contributed by atoms with Gasteiger partial charge in [0.25, 0.3) is 5.91 Å². The second-order valence-electron chi connectivity index (χ2n) is 8.24. The fourth-order valence-corrected chi connectivity index (χ4v) is 4.72. The second-order valence-corrected chi connectivity index (χ2v) is 8.24. The first-order valence-electron chi connectivity index (χ1n) is 10.6. The van der Waals surface area contributed by atoms with Gasteiger partial charge in [0, 0.05) is 38.1 Å². The first kappa shape index (κ1) is 18.8. The third-order valence-corrected chi connectivity index (χ3v) is 6.38. The Morgan fingerprint density at radius 1 is 1.04 bits per heavy atom. The molecular weight excluding hydrogens is 340 g/mol. The van der Waals surface area contributed by atoms with E-state index in [4.69, 9.17) is 9.47 Å². The molecule has 0 bridgehead atoms. The van der Waals surface area contributed by atoms with Crippen LogP contribution in [0.5, 0.6) is 5.75 Å². The van der Waals surface area contributed by atoms with Gasteiger partial charge in [0.1, 0.15) is 11.9 Å². The molecular formula is C22H32N2O3. The van der Waals surface area contributed by atoms with E-state index >= 15 is 0 Å². The summed E-state index contributed by atoms with van der Waals surface area (Å²) in [6.07, 6.45) is 8.75. The molecule has 1 atom stereocenters. The molecule has 2 heterocycles. The van der Waals surface area contributed by atoms with Gasteiger partial charge in [0.05, 0.1) is 12.6 Å². The van der Waals surface area contributed by atoms with Crippen molar-refractivity contribution in [3.05, 3.63) is 29.8 Å². The number of likely N-dealkylation sites (tertiary alicyclic amines) is 2. The Bertz CT molecular complexity index is 621. The molecule has 2 saturated heterocycles. The van der Waals surface area contributed by atoms with Crippen LogP contribution in [0.1, 0.15) is 55.3 Å². The third kappa shape index (κ3) is 4.30. The zero-order chi connectivity index (χ0) is 18.6. The Morgan fingerprint density at radius 3 is 2.48 bits per heavy atom. The molecule has 1 amide bonds. The Labute approximate surface area is 162 Å². The molecule has 1 aromatic carbocycles. The summed E-state index contributed by atoms with van der Waals surface area (Å²) < 4.78 is 11.4. The standard InChI is InChI=1S/C22H32N2O3/c1-26-16-18-6-5-13-24(18)22(25)17-7-9-20(10-8-17)27-21-14-19(15-21)23-11-3-2-4-12-23/h7-10,18-19,21H,2-6,11-16H2,1H3. The van der Waals surface area contributed by atoms with Crippen LogP contribution < -0.4 is 4.74 Å². The Hall–Kier alpha value is -1.59. The maximum absolute atomic E-state index is 12.8. The number of hydrogen-bond donors (Lipinski definition) is 0. The molecule has 1 unspecified atom stereocenters. The summed E-state index contributed by atoms with van der Waals surface area (Å²) in [5.41, 5.74) is 0.741. The van der Waals surface area contributed by atoms with Gasteiger partial charge in [-0.05, 0) is 63.0 Å². The van der Waals surface area contributed by atoms with Crippen LogP contribution in [0.3, 0.4) is 0 Å². The largest absolute Gasteiger partial charge is 0.490 e. The van der Waals surface area contributed by atoms with Crippen molar-refractivity contribution in [2.24, 2.45) is 0 Å². The minimum Gasteiger partial charge on any atom is -0.490 e. The van der Waals surface area contributed by atoms with Crippen molar-refractivity contribution in [3.8, 4) is 5.75 Å². The fraction of sp³-hybridized carbons (Fsp3) is 0.682. The fourth-order valence-electron chi connectivity index (χ4n) is 4.72. The van der Waals surface area contributed by atoms with Crippen molar-refractivity contribution >= 4 is 5.91 Å². The number of ether oxygens (including phenoxy) is 2. The summed E-state index contributed by atoms with van der Waals surface area (Å²) in [6.45, 7) is 3.96. The normalized spacial score (nSPS) is 28.8. The SMILES string of the molecule is COCC1CCCN1C(=O)c1ccc(OC2CC(N3CCCCC3)C2)cc1. The molecule has 2 aliphatic heterocycles. The minimum absolute atomic E-state index is 0.106. The number of hydrogen-bond acceptors (Lipinski definition) is 4. The molecule has 0 aromatic heterocycles. The third-order valence-electron chi connectivity index (χ3n) is 6.38. The van der Waals surface area contributed by atoms with Crippen molar-refractivity contribution in [2.75, 3.05) is 33.4 Å². The van der Waals surface area contributed by atoms with Crippen LogP contribution in [-0.2, 0) is 4.74 Å². The van der Waals surface area contributed by atoms with Gasteiger partial charge in [-0.1, -0.05) is 6.42 Å². The maximum Gasteiger partial charge on any atom is 0.254 e.